The molecule has 0 saturated heterocycles. The highest BCUT2D eigenvalue weighted by Gasteiger charge is 2.19. The van der Waals surface area contributed by atoms with Gasteiger partial charge in [-0.3, -0.25) is 9.59 Å². The van der Waals surface area contributed by atoms with Crippen LogP contribution in [0.15, 0.2) is 65.3 Å². The van der Waals surface area contributed by atoms with Gasteiger partial charge in [0.2, 0.25) is 0 Å². The van der Waals surface area contributed by atoms with E-state index in [2.05, 4.69) is 11.4 Å². The van der Waals surface area contributed by atoms with Crippen molar-refractivity contribution in [2.75, 3.05) is 23.4 Å². The zero-order valence-electron chi connectivity index (χ0n) is 17.4. The molecule has 0 fully saturated rings. The predicted octanol–water partition coefficient (Wildman–Crippen LogP) is 4.80. The molecular formula is C24H23N3O4. The van der Waals surface area contributed by atoms with E-state index >= 15 is 0 Å². The summed E-state index contributed by atoms with van der Waals surface area (Å²) in [4.78, 5) is 27.2. The summed E-state index contributed by atoms with van der Waals surface area (Å²) >= 11 is 0. The number of carbonyl (C=O) groups excluding carboxylic acids is 2. The first kappa shape index (κ1) is 21.7. The van der Waals surface area contributed by atoms with Crippen molar-refractivity contribution in [2.24, 2.45) is 0 Å². The lowest BCUT2D eigenvalue weighted by molar-refractivity contribution is 0.0981. The van der Waals surface area contributed by atoms with E-state index < -0.39 is 5.91 Å². The highest BCUT2D eigenvalue weighted by molar-refractivity contribution is 6.08. The van der Waals surface area contributed by atoms with Crippen LogP contribution < -0.4 is 15.0 Å². The molecule has 2 amide bonds. The van der Waals surface area contributed by atoms with E-state index in [-0.39, 0.29) is 24.6 Å². The third kappa shape index (κ3) is 5.31. The number of benzene rings is 2. The zero-order valence-corrected chi connectivity index (χ0v) is 17.4. The van der Waals surface area contributed by atoms with Gasteiger partial charge in [0.25, 0.3) is 11.8 Å². The Morgan fingerprint density at radius 3 is 2.58 bits per heavy atom. The van der Waals surface area contributed by atoms with Crippen LogP contribution in [-0.2, 0) is 0 Å². The van der Waals surface area contributed by atoms with Crippen molar-refractivity contribution in [3.8, 4) is 11.8 Å². The highest BCUT2D eigenvalue weighted by Crippen LogP contribution is 2.24. The number of nitrogens with one attached hydrogen (secondary N) is 1. The third-order valence-electron chi connectivity index (χ3n) is 4.63. The molecule has 1 N–H and O–H groups in total. The molecular weight excluding hydrogens is 394 g/mol. The summed E-state index contributed by atoms with van der Waals surface area (Å²) in [7, 11) is 0. The maximum Gasteiger partial charge on any atom is 0.291 e. The fraction of sp³-hybridized carbons (Fsp3) is 0.208. The van der Waals surface area contributed by atoms with Gasteiger partial charge in [0.1, 0.15) is 5.75 Å². The van der Waals surface area contributed by atoms with E-state index in [4.69, 9.17) is 14.4 Å². The van der Waals surface area contributed by atoms with Gasteiger partial charge in [0, 0.05) is 23.5 Å². The Bertz CT molecular complexity index is 1080. The SMILES string of the molecule is CCOc1ccc(N(CCC#N)C(=O)c2ccc(C)c(NC(=O)c3ccco3)c2)cc1. The van der Waals surface area contributed by atoms with Crippen molar-refractivity contribution in [2.45, 2.75) is 20.3 Å². The number of hydrogen-bond donors (Lipinski definition) is 1. The van der Waals surface area contributed by atoms with Gasteiger partial charge in [0.15, 0.2) is 5.76 Å². The Kier molecular flexibility index (Phi) is 7.07. The second-order valence-corrected chi connectivity index (χ2v) is 6.75. The Balaban J connectivity index is 1.86. The molecule has 0 aliphatic carbocycles. The van der Waals surface area contributed by atoms with Crippen LogP contribution in [0.5, 0.6) is 5.75 Å². The summed E-state index contributed by atoms with van der Waals surface area (Å²) in [5.74, 6) is 0.219. The second-order valence-electron chi connectivity index (χ2n) is 6.75. The number of amides is 2. The summed E-state index contributed by atoms with van der Waals surface area (Å²) < 4.78 is 10.6. The normalized spacial score (nSPS) is 10.2. The molecule has 1 aromatic heterocycles. The van der Waals surface area contributed by atoms with Gasteiger partial charge < -0.3 is 19.4 Å². The summed E-state index contributed by atoms with van der Waals surface area (Å²) in [6, 6.07) is 17.5. The highest BCUT2D eigenvalue weighted by atomic mass is 16.5. The van der Waals surface area contributed by atoms with Gasteiger partial charge in [-0.1, -0.05) is 6.07 Å². The molecule has 3 aromatic rings. The van der Waals surface area contributed by atoms with Crippen molar-refractivity contribution in [3.63, 3.8) is 0 Å². The number of anilines is 2. The molecule has 0 unspecified atom stereocenters. The fourth-order valence-corrected chi connectivity index (χ4v) is 3.04. The monoisotopic (exact) mass is 417 g/mol. The topological polar surface area (TPSA) is 95.6 Å². The molecule has 31 heavy (non-hydrogen) atoms. The van der Waals surface area contributed by atoms with Gasteiger partial charge in [-0.2, -0.15) is 5.26 Å². The second kappa shape index (κ2) is 10.1. The average molecular weight is 417 g/mol. The number of nitriles is 1. The smallest absolute Gasteiger partial charge is 0.291 e. The Hall–Kier alpha value is -4.05. The molecule has 0 radical (unpaired) electrons. The lowest BCUT2D eigenvalue weighted by atomic mass is 10.1. The maximum atomic E-state index is 13.3. The summed E-state index contributed by atoms with van der Waals surface area (Å²) in [6.07, 6.45) is 1.61. The molecule has 0 aliphatic rings. The number of carbonyl (C=O) groups is 2. The molecule has 1 heterocycles. The van der Waals surface area contributed by atoms with E-state index in [0.717, 1.165) is 5.56 Å². The molecule has 0 spiro atoms. The largest absolute Gasteiger partial charge is 0.494 e. The number of hydrogen-bond acceptors (Lipinski definition) is 5. The van der Waals surface area contributed by atoms with E-state index in [1.807, 2.05) is 13.8 Å². The standard InChI is InChI=1S/C24H23N3O4/c1-3-30-20-11-9-19(10-12-20)27(14-5-13-25)24(29)18-8-7-17(2)21(16-18)26-23(28)22-6-4-15-31-22/h4,6-12,15-16H,3,5,14H2,1-2H3,(H,26,28). The minimum Gasteiger partial charge on any atom is -0.494 e. The van der Waals surface area contributed by atoms with Crippen LogP contribution in [0.4, 0.5) is 11.4 Å². The van der Waals surface area contributed by atoms with E-state index in [1.54, 1.807) is 59.5 Å². The molecule has 158 valence electrons. The molecule has 0 saturated carbocycles. The summed E-state index contributed by atoms with van der Waals surface area (Å²) in [6.45, 7) is 4.53. The van der Waals surface area contributed by atoms with E-state index in [1.165, 1.54) is 6.26 Å². The Labute approximate surface area is 180 Å². The third-order valence-corrected chi connectivity index (χ3v) is 4.63. The van der Waals surface area contributed by atoms with Gasteiger partial charge in [-0.15, -0.1) is 0 Å². The lowest BCUT2D eigenvalue weighted by Gasteiger charge is -2.23. The molecule has 2 aromatic carbocycles. The molecule has 3 rings (SSSR count). The molecule has 0 atom stereocenters. The van der Waals surface area contributed by atoms with Crippen molar-refractivity contribution < 1.29 is 18.7 Å². The number of nitrogens with zero attached hydrogens (tertiary/aromatic N) is 2. The van der Waals surface area contributed by atoms with Crippen LogP contribution in [0.25, 0.3) is 0 Å². The van der Waals surface area contributed by atoms with Crippen LogP contribution in [-0.4, -0.2) is 25.0 Å². The molecule has 7 nitrogen and oxygen atoms in total. The van der Waals surface area contributed by atoms with Crippen LogP contribution in [0.2, 0.25) is 0 Å². The maximum absolute atomic E-state index is 13.3. The van der Waals surface area contributed by atoms with Crippen molar-refractivity contribution in [1.82, 2.24) is 0 Å². The first-order valence-corrected chi connectivity index (χ1v) is 9.90. The van der Waals surface area contributed by atoms with Gasteiger partial charge >= 0.3 is 0 Å². The first-order chi connectivity index (χ1) is 15.0. The van der Waals surface area contributed by atoms with Gasteiger partial charge in [0.05, 0.1) is 25.4 Å². The number of ether oxygens (including phenoxy) is 1. The van der Waals surface area contributed by atoms with Crippen molar-refractivity contribution in [3.05, 3.63) is 77.7 Å². The van der Waals surface area contributed by atoms with Crippen LogP contribution in [0.3, 0.4) is 0 Å². The van der Waals surface area contributed by atoms with Crippen molar-refractivity contribution >= 4 is 23.2 Å². The number of furan rings is 1. The predicted molar refractivity (Wildman–Crippen MR) is 117 cm³/mol. The van der Waals surface area contributed by atoms with Crippen LogP contribution in [0, 0.1) is 18.3 Å². The fourth-order valence-electron chi connectivity index (χ4n) is 3.04. The van der Waals surface area contributed by atoms with Crippen LogP contribution in [0.1, 0.15) is 39.8 Å². The minimum atomic E-state index is -0.398. The van der Waals surface area contributed by atoms with Crippen LogP contribution >= 0.6 is 0 Å². The minimum absolute atomic E-state index is 0.182. The van der Waals surface area contributed by atoms with Crippen molar-refractivity contribution in [1.29, 1.82) is 5.26 Å². The molecule has 7 heteroatoms. The number of aryl methyl sites for hydroxylation is 1. The van der Waals surface area contributed by atoms with E-state index in [0.29, 0.717) is 29.3 Å². The molecule has 0 bridgehead atoms. The van der Waals surface area contributed by atoms with Gasteiger partial charge in [-0.25, -0.2) is 0 Å². The Morgan fingerprint density at radius 1 is 1.16 bits per heavy atom. The quantitative estimate of drug-likeness (QED) is 0.568. The number of rotatable bonds is 8. The van der Waals surface area contributed by atoms with E-state index in [9.17, 15) is 9.59 Å². The zero-order chi connectivity index (χ0) is 22.2. The summed E-state index contributed by atoms with van der Waals surface area (Å²) in [5, 5.41) is 11.8. The lowest BCUT2D eigenvalue weighted by Crippen LogP contribution is -2.32. The average Bonchev–Trinajstić information content (AvgIpc) is 3.32. The molecule has 0 aliphatic heterocycles. The van der Waals surface area contributed by atoms with Gasteiger partial charge in [-0.05, 0) is 67.9 Å². The summed E-state index contributed by atoms with van der Waals surface area (Å²) in [5.41, 5.74) is 2.37. The first-order valence-electron chi connectivity index (χ1n) is 9.90. The Morgan fingerprint density at radius 2 is 1.94 bits per heavy atom.